The van der Waals surface area contributed by atoms with Gasteiger partial charge in [-0.15, -0.1) is 0 Å². The van der Waals surface area contributed by atoms with Crippen molar-refractivity contribution in [3.8, 4) is 0 Å². The second-order valence-electron chi connectivity index (χ2n) is 8.67. The molecule has 1 aliphatic carbocycles. The van der Waals surface area contributed by atoms with E-state index in [4.69, 9.17) is 0 Å². The average molecular weight is 432 g/mol. The lowest BCUT2D eigenvalue weighted by Crippen LogP contribution is -2.33. The molecule has 0 saturated heterocycles. The first-order valence-electron chi connectivity index (χ1n) is 9.73. The van der Waals surface area contributed by atoms with Crippen LogP contribution in [-0.4, -0.2) is 5.78 Å². The van der Waals surface area contributed by atoms with Crippen molar-refractivity contribution in [2.45, 2.75) is 32.7 Å². The first kappa shape index (κ1) is 17.7. The van der Waals surface area contributed by atoms with E-state index in [9.17, 15) is 4.79 Å². The summed E-state index contributed by atoms with van der Waals surface area (Å²) in [6.45, 7) is 4.41. The Kier molecular flexibility index (Phi) is 3.99. The van der Waals surface area contributed by atoms with Crippen LogP contribution in [-0.2, 0) is 4.79 Å². The van der Waals surface area contributed by atoms with Crippen LogP contribution in [0.15, 0.2) is 70.7 Å². The predicted molar refractivity (Wildman–Crippen MR) is 119 cm³/mol. The maximum Gasteiger partial charge on any atom is 0.162 e. The minimum Gasteiger partial charge on any atom is -0.373 e. The van der Waals surface area contributed by atoms with Gasteiger partial charge in [0.1, 0.15) is 0 Å². The Morgan fingerprint density at radius 3 is 2.50 bits per heavy atom. The largest absolute Gasteiger partial charge is 0.373 e. The maximum atomic E-state index is 13.3. The first-order chi connectivity index (χ1) is 13.4. The number of hydrogen-bond donors (Lipinski definition) is 1. The highest BCUT2D eigenvalue weighted by atomic mass is 79.9. The van der Waals surface area contributed by atoms with Gasteiger partial charge in [0.25, 0.3) is 0 Å². The summed E-state index contributed by atoms with van der Waals surface area (Å²) in [5.41, 5.74) is 5.61. The topological polar surface area (TPSA) is 29.1 Å². The van der Waals surface area contributed by atoms with Gasteiger partial charge in [-0.05, 0) is 51.9 Å². The number of halogens is 1. The highest BCUT2D eigenvalue weighted by molar-refractivity contribution is 9.10. The van der Waals surface area contributed by atoms with E-state index in [1.54, 1.807) is 0 Å². The van der Waals surface area contributed by atoms with Crippen molar-refractivity contribution < 1.29 is 4.79 Å². The van der Waals surface area contributed by atoms with Crippen molar-refractivity contribution >= 4 is 43.7 Å². The molecule has 2 aliphatic rings. The van der Waals surface area contributed by atoms with E-state index in [0.29, 0.717) is 6.42 Å². The molecule has 3 aromatic rings. The average Bonchev–Trinajstić information content (AvgIpc) is 2.66. The smallest absolute Gasteiger partial charge is 0.162 e. The zero-order chi connectivity index (χ0) is 19.5. The van der Waals surface area contributed by atoms with Crippen LogP contribution in [0.4, 0.5) is 5.69 Å². The number of hydrogen-bond acceptors (Lipinski definition) is 2. The fraction of sp³-hybridized carbons (Fsp3) is 0.240. The first-order valence-corrected chi connectivity index (χ1v) is 10.5. The van der Waals surface area contributed by atoms with Crippen LogP contribution in [0.3, 0.4) is 0 Å². The molecule has 0 bridgehead atoms. The molecule has 5 rings (SSSR count). The summed E-state index contributed by atoms with van der Waals surface area (Å²) < 4.78 is 1.05. The maximum absolute atomic E-state index is 13.3. The number of allylic oxidation sites excluding steroid dienone is 1. The Morgan fingerprint density at radius 1 is 0.964 bits per heavy atom. The van der Waals surface area contributed by atoms with Crippen LogP contribution >= 0.6 is 15.9 Å². The molecular weight excluding hydrogens is 410 g/mol. The van der Waals surface area contributed by atoms with Gasteiger partial charge in [-0.3, -0.25) is 4.79 Å². The summed E-state index contributed by atoms with van der Waals surface area (Å²) in [7, 11) is 0. The molecule has 0 spiro atoms. The van der Waals surface area contributed by atoms with E-state index >= 15 is 0 Å². The third-order valence-electron chi connectivity index (χ3n) is 5.94. The summed E-state index contributed by atoms with van der Waals surface area (Å²) in [4.78, 5) is 13.3. The number of nitrogens with one attached hydrogen (secondary N) is 1. The van der Waals surface area contributed by atoms with Gasteiger partial charge in [0, 0.05) is 27.7 Å². The van der Waals surface area contributed by atoms with Gasteiger partial charge in [-0.25, -0.2) is 0 Å². The molecular formula is C25H22BrNO. The minimum atomic E-state index is -0.0969. The second-order valence-corrected chi connectivity index (χ2v) is 9.59. The number of anilines is 1. The number of rotatable bonds is 1. The zero-order valence-corrected chi connectivity index (χ0v) is 17.6. The molecule has 140 valence electrons. The van der Waals surface area contributed by atoms with Crippen LogP contribution in [0.25, 0.3) is 16.3 Å². The number of Topliss-reactive ketones (excluding diaryl/α,β-unsaturated/α-hetero) is 1. The van der Waals surface area contributed by atoms with Crippen molar-refractivity contribution in [1.29, 1.82) is 0 Å². The van der Waals surface area contributed by atoms with Crippen molar-refractivity contribution in [2.24, 2.45) is 5.41 Å². The highest BCUT2D eigenvalue weighted by Crippen LogP contribution is 2.51. The summed E-state index contributed by atoms with van der Waals surface area (Å²) in [6, 6.07) is 21.0. The summed E-state index contributed by atoms with van der Waals surface area (Å²) in [5, 5.41) is 6.13. The number of fused-ring (bicyclic) bond motifs is 4. The number of carbonyl (C=O) groups is 1. The van der Waals surface area contributed by atoms with Crippen molar-refractivity contribution in [3.63, 3.8) is 0 Å². The van der Waals surface area contributed by atoms with Gasteiger partial charge >= 0.3 is 0 Å². The van der Waals surface area contributed by atoms with Crippen molar-refractivity contribution in [3.05, 3.63) is 81.8 Å². The highest BCUT2D eigenvalue weighted by Gasteiger charge is 2.40. The molecule has 0 aromatic heterocycles. The zero-order valence-electron chi connectivity index (χ0n) is 16.1. The molecule has 1 aliphatic heterocycles. The second kappa shape index (κ2) is 6.31. The lowest BCUT2D eigenvalue weighted by Gasteiger charge is -2.40. The Balaban J connectivity index is 1.79. The molecule has 28 heavy (non-hydrogen) atoms. The fourth-order valence-electron chi connectivity index (χ4n) is 4.74. The van der Waals surface area contributed by atoms with Gasteiger partial charge in [0.05, 0.1) is 6.04 Å². The molecule has 0 unspecified atom stereocenters. The quantitative estimate of drug-likeness (QED) is 0.453. The van der Waals surface area contributed by atoms with Gasteiger partial charge in [-0.2, -0.15) is 0 Å². The Hall–Kier alpha value is -2.39. The summed E-state index contributed by atoms with van der Waals surface area (Å²) in [5.74, 6) is 0.269. The Morgan fingerprint density at radius 2 is 1.71 bits per heavy atom. The lowest BCUT2D eigenvalue weighted by molar-refractivity contribution is -0.118. The SMILES string of the molecule is CC1(C)CC(=O)C2=C(C1)c1c(ccc3ccccc13)N[C@@H]2c1ccc(Br)cc1. The minimum absolute atomic E-state index is 0.0221. The third-order valence-corrected chi connectivity index (χ3v) is 6.47. The molecule has 0 radical (unpaired) electrons. The number of benzene rings is 3. The lowest BCUT2D eigenvalue weighted by atomic mass is 9.68. The fourth-order valence-corrected chi connectivity index (χ4v) is 5.01. The number of ketones is 1. The van der Waals surface area contributed by atoms with Crippen LogP contribution in [0.2, 0.25) is 0 Å². The third kappa shape index (κ3) is 2.80. The molecule has 2 nitrogen and oxygen atoms in total. The Labute approximate surface area is 173 Å². The van der Waals surface area contributed by atoms with Crippen LogP contribution in [0.1, 0.15) is 43.9 Å². The molecule has 0 amide bonds. The molecule has 1 N–H and O–H groups in total. The van der Waals surface area contributed by atoms with Crippen LogP contribution < -0.4 is 5.32 Å². The van der Waals surface area contributed by atoms with Crippen molar-refractivity contribution in [1.82, 2.24) is 0 Å². The van der Waals surface area contributed by atoms with Gasteiger partial charge in [-0.1, -0.05) is 72.2 Å². The van der Waals surface area contributed by atoms with Crippen LogP contribution in [0, 0.1) is 5.41 Å². The Bertz CT molecular complexity index is 1140. The summed E-state index contributed by atoms with van der Waals surface area (Å²) >= 11 is 3.52. The van der Waals surface area contributed by atoms with Gasteiger partial charge < -0.3 is 5.32 Å². The van der Waals surface area contributed by atoms with E-state index in [0.717, 1.165) is 27.7 Å². The molecule has 3 aromatic carbocycles. The van der Waals surface area contributed by atoms with Gasteiger partial charge in [0.2, 0.25) is 0 Å². The predicted octanol–water partition coefficient (Wildman–Crippen LogP) is 6.91. The monoisotopic (exact) mass is 431 g/mol. The van der Waals surface area contributed by atoms with E-state index < -0.39 is 0 Å². The molecule has 0 fully saturated rings. The van der Waals surface area contributed by atoms with E-state index in [1.807, 2.05) is 12.1 Å². The standard InChI is InChI=1S/C25H22BrNO/c1-25(2)13-19-22-18-6-4-3-5-15(18)9-12-20(22)27-24(23(19)21(28)14-25)16-7-10-17(26)11-8-16/h3-12,24,27H,13-14H2,1-2H3/t24-/m1/s1. The van der Waals surface area contributed by atoms with Gasteiger partial charge in [0.15, 0.2) is 5.78 Å². The van der Waals surface area contributed by atoms with E-state index in [2.05, 4.69) is 83.6 Å². The molecule has 3 heteroatoms. The summed E-state index contributed by atoms with van der Waals surface area (Å²) in [6.07, 6.45) is 1.52. The van der Waals surface area contributed by atoms with Crippen molar-refractivity contribution in [2.75, 3.05) is 5.32 Å². The molecule has 0 saturated carbocycles. The normalized spacial score (nSPS) is 20.5. The molecule has 1 atom stereocenters. The molecule has 1 heterocycles. The van der Waals surface area contributed by atoms with Crippen LogP contribution in [0.5, 0.6) is 0 Å². The number of carbonyl (C=O) groups excluding carboxylic acids is 1. The van der Waals surface area contributed by atoms with E-state index in [1.165, 1.54) is 21.9 Å². The van der Waals surface area contributed by atoms with E-state index in [-0.39, 0.29) is 17.2 Å².